The van der Waals surface area contributed by atoms with Crippen LogP contribution in [-0.2, 0) is 20.4 Å². The third kappa shape index (κ3) is 4.68. The van der Waals surface area contributed by atoms with Crippen LogP contribution >= 0.6 is 22.9 Å². The maximum Gasteiger partial charge on any atom is 0.252 e. The van der Waals surface area contributed by atoms with Crippen LogP contribution in [0, 0.1) is 0 Å². The highest BCUT2D eigenvalue weighted by molar-refractivity contribution is 7.91. The highest BCUT2D eigenvalue weighted by Crippen LogP contribution is 2.35. The van der Waals surface area contributed by atoms with Gasteiger partial charge in [-0.05, 0) is 43.7 Å². The van der Waals surface area contributed by atoms with Gasteiger partial charge in [0.05, 0.1) is 10.9 Å². The number of benzene rings is 1. The van der Waals surface area contributed by atoms with Crippen molar-refractivity contribution >= 4 is 38.9 Å². The van der Waals surface area contributed by atoms with Gasteiger partial charge >= 0.3 is 0 Å². The summed E-state index contributed by atoms with van der Waals surface area (Å²) in [7, 11) is -3.58. The molecule has 2 aromatic rings. The van der Waals surface area contributed by atoms with Crippen LogP contribution < -0.4 is 14.8 Å². The molecule has 168 valence electrons. The third-order valence-corrected chi connectivity index (χ3v) is 9.11. The van der Waals surface area contributed by atoms with Gasteiger partial charge in [0, 0.05) is 31.7 Å². The Kier molecular flexibility index (Phi) is 6.19. The molecule has 1 N–H and O–H groups in total. The largest absolute Gasteiger partial charge is 0.454 e. The van der Waals surface area contributed by atoms with Crippen LogP contribution in [0.2, 0.25) is 4.34 Å². The van der Waals surface area contributed by atoms with Gasteiger partial charge in [0.15, 0.2) is 11.5 Å². The predicted molar refractivity (Wildman–Crippen MR) is 118 cm³/mol. The standard InChI is InChI=1S/C20H24ClN3O5S2/c1-20(2,14-3-4-15-16(11-14)29-13-28-15)22-12-18(25)23-7-9-24(10-8-23)31(26,27)19-6-5-17(21)30-19/h3-6,11,22H,7-10,12-13H2,1-2H3. The summed E-state index contributed by atoms with van der Waals surface area (Å²) in [6.07, 6.45) is 0. The lowest BCUT2D eigenvalue weighted by Crippen LogP contribution is -2.53. The van der Waals surface area contributed by atoms with E-state index in [1.54, 1.807) is 11.0 Å². The molecule has 0 bridgehead atoms. The predicted octanol–water partition coefficient (Wildman–Crippen LogP) is 2.49. The van der Waals surface area contributed by atoms with E-state index >= 15 is 0 Å². The monoisotopic (exact) mass is 485 g/mol. The van der Waals surface area contributed by atoms with Crippen LogP contribution in [0.1, 0.15) is 19.4 Å². The summed E-state index contributed by atoms with van der Waals surface area (Å²) in [5.74, 6) is 1.35. The highest BCUT2D eigenvalue weighted by Gasteiger charge is 2.32. The molecular formula is C20H24ClN3O5S2. The number of amides is 1. The van der Waals surface area contributed by atoms with Crippen molar-refractivity contribution in [3.63, 3.8) is 0 Å². The van der Waals surface area contributed by atoms with Gasteiger partial charge in [0.2, 0.25) is 12.7 Å². The second-order valence-electron chi connectivity index (χ2n) is 7.89. The summed E-state index contributed by atoms with van der Waals surface area (Å²) in [5, 5.41) is 3.30. The van der Waals surface area contributed by atoms with E-state index in [0.29, 0.717) is 28.9 Å². The first-order valence-electron chi connectivity index (χ1n) is 9.85. The van der Waals surface area contributed by atoms with E-state index in [4.69, 9.17) is 21.1 Å². The van der Waals surface area contributed by atoms with Gasteiger partial charge in [-0.3, -0.25) is 10.1 Å². The second kappa shape index (κ2) is 8.59. The van der Waals surface area contributed by atoms with Gasteiger partial charge in [-0.2, -0.15) is 4.31 Å². The first-order chi connectivity index (χ1) is 14.7. The van der Waals surface area contributed by atoms with E-state index in [2.05, 4.69) is 5.32 Å². The first kappa shape index (κ1) is 22.3. The molecule has 3 heterocycles. The number of hydrogen-bond donors (Lipinski definition) is 1. The first-order valence-corrected chi connectivity index (χ1v) is 12.5. The summed E-state index contributed by atoms with van der Waals surface area (Å²) in [4.78, 5) is 14.4. The number of nitrogens with one attached hydrogen (secondary N) is 1. The Hall–Kier alpha value is -1.85. The van der Waals surface area contributed by atoms with E-state index < -0.39 is 15.6 Å². The summed E-state index contributed by atoms with van der Waals surface area (Å²) < 4.78 is 38.3. The van der Waals surface area contributed by atoms with Crippen molar-refractivity contribution in [2.75, 3.05) is 39.5 Å². The molecule has 1 amide bonds. The molecule has 0 radical (unpaired) electrons. The van der Waals surface area contributed by atoms with E-state index in [0.717, 1.165) is 16.9 Å². The zero-order valence-corrected chi connectivity index (χ0v) is 19.6. The van der Waals surface area contributed by atoms with E-state index in [1.807, 2.05) is 32.0 Å². The smallest absolute Gasteiger partial charge is 0.252 e. The molecule has 0 aliphatic carbocycles. The van der Waals surface area contributed by atoms with Gasteiger partial charge in [0.1, 0.15) is 4.21 Å². The Morgan fingerprint density at radius 3 is 2.52 bits per heavy atom. The van der Waals surface area contributed by atoms with Gasteiger partial charge in [-0.25, -0.2) is 8.42 Å². The number of nitrogens with zero attached hydrogens (tertiary/aromatic N) is 2. The molecule has 0 saturated carbocycles. The summed E-state index contributed by atoms with van der Waals surface area (Å²) in [6.45, 7) is 5.57. The molecule has 2 aliphatic heterocycles. The molecule has 1 saturated heterocycles. The Morgan fingerprint density at radius 1 is 1.13 bits per heavy atom. The molecule has 1 aromatic heterocycles. The number of fused-ring (bicyclic) bond motifs is 1. The lowest BCUT2D eigenvalue weighted by atomic mass is 9.94. The molecule has 11 heteroatoms. The fraction of sp³-hybridized carbons (Fsp3) is 0.450. The van der Waals surface area contributed by atoms with Crippen LogP contribution in [0.4, 0.5) is 0 Å². The van der Waals surface area contributed by atoms with E-state index in [-0.39, 0.29) is 36.5 Å². The minimum atomic E-state index is -3.58. The zero-order chi connectivity index (χ0) is 22.2. The van der Waals surface area contributed by atoms with Crippen molar-refractivity contribution < 1.29 is 22.7 Å². The minimum absolute atomic E-state index is 0.0648. The molecule has 0 unspecified atom stereocenters. The Morgan fingerprint density at radius 2 is 1.84 bits per heavy atom. The van der Waals surface area contributed by atoms with Crippen LogP contribution in [0.15, 0.2) is 34.5 Å². The molecule has 0 atom stereocenters. The van der Waals surface area contributed by atoms with Crippen molar-refractivity contribution in [2.24, 2.45) is 0 Å². The topological polar surface area (TPSA) is 88.2 Å². The number of carbonyl (C=O) groups excluding carboxylic acids is 1. The van der Waals surface area contributed by atoms with E-state index in [9.17, 15) is 13.2 Å². The quantitative estimate of drug-likeness (QED) is 0.676. The Bertz CT molecular complexity index is 1080. The second-order valence-corrected chi connectivity index (χ2v) is 11.8. The molecule has 1 fully saturated rings. The molecule has 2 aliphatic rings. The average molecular weight is 486 g/mol. The molecule has 31 heavy (non-hydrogen) atoms. The zero-order valence-electron chi connectivity index (χ0n) is 17.3. The molecule has 1 aromatic carbocycles. The molecule has 0 spiro atoms. The normalized spacial score (nSPS) is 17.2. The summed E-state index contributed by atoms with van der Waals surface area (Å²) in [5.41, 5.74) is 0.523. The Labute approximate surface area is 190 Å². The van der Waals surface area contributed by atoms with Gasteiger partial charge in [-0.1, -0.05) is 17.7 Å². The number of rotatable bonds is 6. The minimum Gasteiger partial charge on any atom is -0.454 e. The number of thiophene rings is 1. The summed E-state index contributed by atoms with van der Waals surface area (Å²) in [6, 6.07) is 8.82. The highest BCUT2D eigenvalue weighted by atomic mass is 35.5. The van der Waals surface area contributed by atoms with Crippen LogP contribution in [0.25, 0.3) is 0 Å². The number of piperazine rings is 1. The summed E-state index contributed by atoms with van der Waals surface area (Å²) >= 11 is 6.92. The lowest BCUT2D eigenvalue weighted by Gasteiger charge is -2.35. The average Bonchev–Trinajstić information content (AvgIpc) is 3.40. The Balaban J connectivity index is 1.32. The van der Waals surface area contributed by atoms with Crippen molar-refractivity contribution in [1.29, 1.82) is 0 Å². The number of ether oxygens (including phenoxy) is 2. The lowest BCUT2D eigenvalue weighted by molar-refractivity contribution is -0.131. The number of sulfonamides is 1. The fourth-order valence-corrected chi connectivity index (χ4v) is 6.60. The SMILES string of the molecule is CC(C)(NCC(=O)N1CCN(S(=O)(=O)c2ccc(Cl)s2)CC1)c1ccc2c(c1)OCO2. The van der Waals surface area contributed by atoms with Gasteiger partial charge in [-0.15, -0.1) is 11.3 Å². The number of halogens is 1. The number of carbonyl (C=O) groups is 1. The van der Waals surface area contributed by atoms with Crippen LogP contribution in [0.3, 0.4) is 0 Å². The maximum atomic E-state index is 12.7. The van der Waals surface area contributed by atoms with Crippen molar-refractivity contribution in [3.8, 4) is 11.5 Å². The van der Waals surface area contributed by atoms with E-state index in [1.165, 1.54) is 10.4 Å². The van der Waals surface area contributed by atoms with Crippen molar-refractivity contribution in [1.82, 2.24) is 14.5 Å². The molecular weight excluding hydrogens is 462 g/mol. The number of hydrogen-bond acceptors (Lipinski definition) is 7. The van der Waals surface area contributed by atoms with Crippen molar-refractivity contribution in [2.45, 2.75) is 23.6 Å². The molecule has 4 rings (SSSR count). The van der Waals surface area contributed by atoms with Crippen molar-refractivity contribution in [3.05, 3.63) is 40.2 Å². The van der Waals surface area contributed by atoms with Crippen LogP contribution in [0.5, 0.6) is 11.5 Å². The fourth-order valence-electron chi connectivity index (χ4n) is 3.54. The third-order valence-electron chi connectivity index (χ3n) is 5.51. The molecule has 8 nitrogen and oxygen atoms in total. The van der Waals surface area contributed by atoms with Gasteiger partial charge < -0.3 is 14.4 Å². The maximum absolute atomic E-state index is 12.7. The van der Waals surface area contributed by atoms with Gasteiger partial charge in [0.25, 0.3) is 10.0 Å². The van der Waals surface area contributed by atoms with Crippen LogP contribution in [-0.4, -0.2) is 63.0 Å².